The number of benzene rings is 1. The van der Waals surface area contributed by atoms with Crippen molar-refractivity contribution >= 4 is 5.78 Å². The molecule has 1 atom stereocenters. The van der Waals surface area contributed by atoms with Crippen molar-refractivity contribution in [2.45, 2.75) is 6.42 Å². The molecule has 1 saturated heterocycles. The first-order chi connectivity index (χ1) is 8.26. The minimum Gasteiger partial charge on any atom is -0.497 e. The average Bonchev–Trinajstić information content (AvgIpc) is 2.91. The van der Waals surface area contributed by atoms with Gasteiger partial charge in [0.2, 0.25) is 0 Å². The van der Waals surface area contributed by atoms with Crippen LogP contribution in [0.5, 0.6) is 11.5 Å². The third kappa shape index (κ3) is 2.42. The lowest BCUT2D eigenvalue weighted by Crippen LogP contribution is -2.15. The highest BCUT2D eigenvalue weighted by Gasteiger charge is 2.26. The second-order valence-electron chi connectivity index (χ2n) is 3.99. The van der Waals surface area contributed by atoms with E-state index in [-0.39, 0.29) is 11.7 Å². The lowest BCUT2D eigenvalue weighted by atomic mass is 9.96. The number of carbonyl (C=O) groups is 1. The zero-order chi connectivity index (χ0) is 12.3. The topological polar surface area (TPSA) is 44.8 Å². The van der Waals surface area contributed by atoms with Crippen molar-refractivity contribution < 1.29 is 19.0 Å². The van der Waals surface area contributed by atoms with Gasteiger partial charge in [-0.05, 0) is 18.6 Å². The monoisotopic (exact) mass is 236 g/mol. The molecule has 4 nitrogen and oxygen atoms in total. The number of hydrogen-bond acceptors (Lipinski definition) is 4. The minimum absolute atomic E-state index is 0.0442. The van der Waals surface area contributed by atoms with Crippen molar-refractivity contribution in [3.63, 3.8) is 0 Å². The lowest BCUT2D eigenvalue weighted by Gasteiger charge is -2.12. The van der Waals surface area contributed by atoms with Gasteiger partial charge in [0.05, 0.1) is 26.4 Å². The molecule has 2 rings (SSSR count). The highest BCUT2D eigenvalue weighted by atomic mass is 16.5. The Labute approximate surface area is 100 Å². The van der Waals surface area contributed by atoms with E-state index in [1.165, 1.54) is 0 Å². The molecule has 1 unspecified atom stereocenters. The Bertz CT molecular complexity index is 408. The second kappa shape index (κ2) is 5.19. The highest BCUT2D eigenvalue weighted by Crippen LogP contribution is 2.28. The number of ether oxygens (including phenoxy) is 3. The standard InChI is InChI=1S/C13H16O4/c1-15-10-3-4-11(12(7-10)16-2)13(14)9-5-6-17-8-9/h3-4,7,9H,5-6,8H2,1-2H3. The maximum atomic E-state index is 12.2. The van der Waals surface area contributed by atoms with Gasteiger partial charge in [-0.2, -0.15) is 0 Å². The first kappa shape index (κ1) is 11.9. The maximum Gasteiger partial charge on any atom is 0.172 e. The summed E-state index contributed by atoms with van der Waals surface area (Å²) >= 11 is 0. The van der Waals surface area contributed by atoms with Crippen molar-refractivity contribution in [1.29, 1.82) is 0 Å². The van der Waals surface area contributed by atoms with Crippen molar-refractivity contribution in [3.8, 4) is 11.5 Å². The molecule has 0 amide bonds. The summed E-state index contributed by atoms with van der Waals surface area (Å²) < 4.78 is 15.6. The van der Waals surface area contributed by atoms with Crippen LogP contribution in [0.1, 0.15) is 16.8 Å². The molecule has 1 heterocycles. The van der Waals surface area contributed by atoms with Crippen LogP contribution in [0.2, 0.25) is 0 Å². The molecular formula is C13H16O4. The predicted octanol–water partition coefficient (Wildman–Crippen LogP) is 1.92. The lowest BCUT2D eigenvalue weighted by molar-refractivity contribution is 0.0897. The summed E-state index contributed by atoms with van der Waals surface area (Å²) in [5, 5.41) is 0. The van der Waals surface area contributed by atoms with Crippen LogP contribution in [0.4, 0.5) is 0 Å². The van der Waals surface area contributed by atoms with E-state index >= 15 is 0 Å². The molecule has 1 aliphatic heterocycles. The van der Waals surface area contributed by atoms with Crippen molar-refractivity contribution in [2.24, 2.45) is 5.92 Å². The molecule has 1 fully saturated rings. The van der Waals surface area contributed by atoms with Crippen LogP contribution in [0.25, 0.3) is 0 Å². The number of carbonyl (C=O) groups excluding carboxylic acids is 1. The van der Waals surface area contributed by atoms with E-state index in [1.807, 2.05) is 0 Å². The minimum atomic E-state index is -0.0442. The largest absolute Gasteiger partial charge is 0.497 e. The molecule has 4 heteroatoms. The smallest absolute Gasteiger partial charge is 0.172 e. The Morgan fingerprint density at radius 3 is 2.76 bits per heavy atom. The second-order valence-corrected chi connectivity index (χ2v) is 3.99. The van der Waals surface area contributed by atoms with Crippen LogP contribution in [-0.2, 0) is 4.74 Å². The van der Waals surface area contributed by atoms with Gasteiger partial charge in [0, 0.05) is 18.6 Å². The molecule has 0 saturated carbocycles. The van der Waals surface area contributed by atoms with E-state index in [0.29, 0.717) is 30.3 Å². The van der Waals surface area contributed by atoms with Gasteiger partial charge in [-0.25, -0.2) is 0 Å². The van der Waals surface area contributed by atoms with E-state index < -0.39 is 0 Å². The van der Waals surface area contributed by atoms with Gasteiger partial charge >= 0.3 is 0 Å². The van der Waals surface area contributed by atoms with Gasteiger partial charge in [-0.3, -0.25) is 4.79 Å². The van der Waals surface area contributed by atoms with Crippen molar-refractivity contribution in [2.75, 3.05) is 27.4 Å². The predicted molar refractivity (Wildman–Crippen MR) is 62.8 cm³/mol. The van der Waals surface area contributed by atoms with Gasteiger partial charge in [0.15, 0.2) is 5.78 Å². The summed E-state index contributed by atoms with van der Waals surface area (Å²) in [6.45, 7) is 1.17. The first-order valence-corrected chi connectivity index (χ1v) is 5.60. The Balaban J connectivity index is 2.27. The van der Waals surface area contributed by atoms with Crippen LogP contribution < -0.4 is 9.47 Å². The third-order valence-corrected chi connectivity index (χ3v) is 2.97. The molecule has 0 N–H and O–H groups in total. The van der Waals surface area contributed by atoms with Gasteiger partial charge in [0.25, 0.3) is 0 Å². The number of methoxy groups -OCH3 is 2. The molecule has 0 bridgehead atoms. The van der Waals surface area contributed by atoms with Gasteiger partial charge < -0.3 is 14.2 Å². The molecule has 0 radical (unpaired) electrons. The molecule has 0 aliphatic carbocycles. The third-order valence-electron chi connectivity index (χ3n) is 2.97. The van der Waals surface area contributed by atoms with Crippen LogP contribution in [0.15, 0.2) is 18.2 Å². The summed E-state index contributed by atoms with van der Waals surface area (Å²) in [4.78, 5) is 12.2. The molecule has 1 aromatic rings. The summed E-state index contributed by atoms with van der Waals surface area (Å²) in [7, 11) is 3.14. The van der Waals surface area contributed by atoms with Crippen LogP contribution in [0.3, 0.4) is 0 Å². The van der Waals surface area contributed by atoms with E-state index in [1.54, 1.807) is 32.4 Å². The summed E-state index contributed by atoms with van der Waals surface area (Å²) in [6, 6.07) is 5.24. The van der Waals surface area contributed by atoms with Crippen LogP contribution in [0, 0.1) is 5.92 Å². The SMILES string of the molecule is COc1ccc(C(=O)C2CCOC2)c(OC)c1. The van der Waals surface area contributed by atoms with Crippen LogP contribution >= 0.6 is 0 Å². The molecule has 17 heavy (non-hydrogen) atoms. The van der Waals surface area contributed by atoms with E-state index in [9.17, 15) is 4.79 Å². The number of Topliss-reactive ketones (excluding diaryl/α,β-unsaturated/α-hetero) is 1. The zero-order valence-electron chi connectivity index (χ0n) is 10.1. The van der Waals surface area contributed by atoms with Crippen LogP contribution in [-0.4, -0.2) is 33.2 Å². The molecule has 0 spiro atoms. The van der Waals surface area contributed by atoms with Gasteiger partial charge in [-0.1, -0.05) is 0 Å². The maximum absolute atomic E-state index is 12.2. The molecule has 1 aliphatic rings. The average molecular weight is 236 g/mol. The first-order valence-electron chi connectivity index (χ1n) is 5.60. The van der Waals surface area contributed by atoms with Crippen molar-refractivity contribution in [1.82, 2.24) is 0 Å². The molecular weight excluding hydrogens is 220 g/mol. The summed E-state index contributed by atoms with van der Waals surface area (Å²) in [6.07, 6.45) is 0.786. The fraction of sp³-hybridized carbons (Fsp3) is 0.462. The number of ketones is 1. The summed E-state index contributed by atoms with van der Waals surface area (Å²) in [5.41, 5.74) is 0.601. The van der Waals surface area contributed by atoms with Crippen molar-refractivity contribution in [3.05, 3.63) is 23.8 Å². The fourth-order valence-corrected chi connectivity index (χ4v) is 1.96. The Kier molecular flexibility index (Phi) is 3.64. The number of hydrogen-bond donors (Lipinski definition) is 0. The highest BCUT2D eigenvalue weighted by molar-refractivity contribution is 6.00. The molecule has 92 valence electrons. The fourth-order valence-electron chi connectivity index (χ4n) is 1.96. The Morgan fingerprint density at radius 1 is 1.35 bits per heavy atom. The van der Waals surface area contributed by atoms with E-state index in [2.05, 4.69) is 0 Å². The van der Waals surface area contributed by atoms with E-state index in [4.69, 9.17) is 14.2 Å². The Morgan fingerprint density at radius 2 is 2.18 bits per heavy atom. The Hall–Kier alpha value is -1.55. The summed E-state index contributed by atoms with van der Waals surface area (Å²) in [5.74, 6) is 1.28. The molecule has 1 aromatic carbocycles. The van der Waals surface area contributed by atoms with Gasteiger partial charge in [0.1, 0.15) is 11.5 Å². The number of rotatable bonds is 4. The van der Waals surface area contributed by atoms with Gasteiger partial charge in [-0.15, -0.1) is 0 Å². The molecule has 0 aromatic heterocycles. The van der Waals surface area contributed by atoms with E-state index in [0.717, 1.165) is 6.42 Å². The normalized spacial score (nSPS) is 19.1. The quantitative estimate of drug-likeness (QED) is 0.749. The zero-order valence-corrected chi connectivity index (χ0v) is 10.1.